The van der Waals surface area contributed by atoms with Crippen LogP contribution in [0.2, 0.25) is 0 Å². The number of carbonyl (C=O) groups is 2. The van der Waals surface area contributed by atoms with E-state index >= 15 is 0 Å². The summed E-state index contributed by atoms with van der Waals surface area (Å²) in [7, 11) is 0. The fourth-order valence-corrected chi connectivity index (χ4v) is 2.66. The largest absolute Gasteiger partial charge is 0.486 e. The summed E-state index contributed by atoms with van der Waals surface area (Å²) in [5.41, 5.74) is 0.588. The Hall–Kier alpha value is -1.84. The third-order valence-electron chi connectivity index (χ3n) is 4.05. The van der Waals surface area contributed by atoms with E-state index in [1.54, 1.807) is 18.2 Å². The zero-order chi connectivity index (χ0) is 16.5. The molecule has 0 amide bonds. The van der Waals surface area contributed by atoms with Gasteiger partial charge in [-0.1, -0.05) is 32.6 Å². The number of carbonyl (C=O) groups excluding carboxylic acids is 2. The van der Waals surface area contributed by atoms with Gasteiger partial charge in [-0.15, -0.1) is 0 Å². The van der Waals surface area contributed by atoms with Gasteiger partial charge in [0, 0.05) is 24.8 Å². The molecule has 2 rings (SSSR count). The summed E-state index contributed by atoms with van der Waals surface area (Å²) in [6, 6.07) is 5.22. The SMILES string of the molecule is CCCCCCCC(=O)CCC(=O)c1ccc2c(c1)OCCO2. The lowest BCUT2D eigenvalue weighted by atomic mass is 10.0. The lowest BCUT2D eigenvalue weighted by Crippen LogP contribution is -2.15. The van der Waals surface area contributed by atoms with Crippen molar-refractivity contribution in [1.29, 1.82) is 0 Å². The lowest BCUT2D eigenvalue weighted by molar-refractivity contribution is -0.119. The molecular formula is C19H26O4. The second-order valence-electron chi connectivity index (χ2n) is 5.98. The third-order valence-corrected chi connectivity index (χ3v) is 4.05. The molecule has 1 heterocycles. The Bertz CT molecular complexity index is 536. The topological polar surface area (TPSA) is 52.6 Å². The highest BCUT2D eigenvalue weighted by atomic mass is 16.6. The molecule has 0 spiro atoms. The molecule has 0 atom stereocenters. The summed E-state index contributed by atoms with van der Waals surface area (Å²) in [4.78, 5) is 24.0. The van der Waals surface area contributed by atoms with E-state index in [0.717, 1.165) is 12.8 Å². The number of hydrogen-bond donors (Lipinski definition) is 0. The average Bonchev–Trinajstić information content (AvgIpc) is 2.59. The molecule has 126 valence electrons. The van der Waals surface area contributed by atoms with E-state index in [4.69, 9.17) is 9.47 Å². The molecule has 0 unspecified atom stereocenters. The third kappa shape index (κ3) is 5.70. The first-order valence-electron chi connectivity index (χ1n) is 8.65. The number of rotatable bonds is 10. The van der Waals surface area contributed by atoms with Gasteiger partial charge in [-0.25, -0.2) is 0 Å². The van der Waals surface area contributed by atoms with E-state index in [0.29, 0.717) is 43.1 Å². The first-order valence-corrected chi connectivity index (χ1v) is 8.65. The standard InChI is InChI=1S/C19H26O4/c1-2-3-4-5-6-7-16(20)9-10-17(21)15-8-11-18-19(14-15)23-13-12-22-18/h8,11,14H,2-7,9-10,12-13H2,1H3. The average molecular weight is 318 g/mol. The molecule has 0 saturated heterocycles. The molecule has 0 bridgehead atoms. The first-order chi connectivity index (χ1) is 11.2. The van der Waals surface area contributed by atoms with Crippen molar-refractivity contribution in [3.63, 3.8) is 0 Å². The number of ether oxygens (including phenoxy) is 2. The Morgan fingerprint density at radius 1 is 0.913 bits per heavy atom. The van der Waals surface area contributed by atoms with Crippen LogP contribution in [-0.4, -0.2) is 24.8 Å². The summed E-state index contributed by atoms with van der Waals surface area (Å²) in [5.74, 6) is 1.47. The van der Waals surface area contributed by atoms with E-state index in [9.17, 15) is 9.59 Å². The van der Waals surface area contributed by atoms with Crippen molar-refractivity contribution < 1.29 is 19.1 Å². The van der Waals surface area contributed by atoms with Gasteiger partial charge in [0.2, 0.25) is 0 Å². The number of ketones is 2. The van der Waals surface area contributed by atoms with Gasteiger partial charge in [-0.3, -0.25) is 9.59 Å². The highest BCUT2D eigenvalue weighted by molar-refractivity contribution is 5.98. The second-order valence-corrected chi connectivity index (χ2v) is 5.98. The maximum absolute atomic E-state index is 12.2. The van der Waals surface area contributed by atoms with E-state index in [1.165, 1.54) is 19.3 Å². The summed E-state index contributed by atoms with van der Waals surface area (Å²) in [6.45, 7) is 3.21. The van der Waals surface area contributed by atoms with Gasteiger partial charge in [0.1, 0.15) is 19.0 Å². The lowest BCUT2D eigenvalue weighted by Gasteiger charge is -2.18. The Kier molecular flexibility index (Phi) is 7.11. The molecule has 0 N–H and O–H groups in total. The van der Waals surface area contributed by atoms with E-state index < -0.39 is 0 Å². The van der Waals surface area contributed by atoms with Crippen LogP contribution in [0.5, 0.6) is 11.5 Å². The Morgan fingerprint density at radius 2 is 1.65 bits per heavy atom. The second kappa shape index (κ2) is 9.33. The van der Waals surface area contributed by atoms with Crippen LogP contribution in [0, 0.1) is 0 Å². The zero-order valence-electron chi connectivity index (χ0n) is 13.9. The maximum Gasteiger partial charge on any atom is 0.163 e. The van der Waals surface area contributed by atoms with E-state index in [1.807, 2.05) is 0 Å². The molecule has 1 aromatic carbocycles. The maximum atomic E-state index is 12.2. The zero-order valence-corrected chi connectivity index (χ0v) is 13.9. The van der Waals surface area contributed by atoms with Crippen LogP contribution in [0.15, 0.2) is 18.2 Å². The summed E-state index contributed by atoms with van der Waals surface area (Å²) < 4.78 is 10.9. The minimum absolute atomic E-state index is 0.0127. The predicted octanol–water partition coefficient (Wildman–Crippen LogP) is 4.35. The molecule has 0 radical (unpaired) electrons. The van der Waals surface area contributed by atoms with Crippen molar-refractivity contribution in [1.82, 2.24) is 0 Å². The van der Waals surface area contributed by atoms with Gasteiger partial charge in [0.15, 0.2) is 17.3 Å². The highest BCUT2D eigenvalue weighted by Gasteiger charge is 2.15. The molecule has 23 heavy (non-hydrogen) atoms. The number of unbranched alkanes of at least 4 members (excludes halogenated alkanes) is 4. The molecule has 1 aromatic rings. The van der Waals surface area contributed by atoms with E-state index in [-0.39, 0.29) is 18.0 Å². The van der Waals surface area contributed by atoms with Crippen molar-refractivity contribution in [3.05, 3.63) is 23.8 Å². The monoisotopic (exact) mass is 318 g/mol. The van der Waals surface area contributed by atoms with Crippen LogP contribution in [0.25, 0.3) is 0 Å². The van der Waals surface area contributed by atoms with Gasteiger partial charge in [0.25, 0.3) is 0 Å². The van der Waals surface area contributed by atoms with Crippen molar-refractivity contribution in [3.8, 4) is 11.5 Å². The van der Waals surface area contributed by atoms with Gasteiger partial charge in [0.05, 0.1) is 0 Å². The van der Waals surface area contributed by atoms with Crippen molar-refractivity contribution in [2.75, 3.05) is 13.2 Å². The van der Waals surface area contributed by atoms with Crippen LogP contribution in [0.1, 0.15) is 68.6 Å². The highest BCUT2D eigenvalue weighted by Crippen LogP contribution is 2.31. The fourth-order valence-electron chi connectivity index (χ4n) is 2.66. The van der Waals surface area contributed by atoms with Gasteiger partial charge in [-0.05, 0) is 24.6 Å². The summed E-state index contributed by atoms with van der Waals surface area (Å²) in [5, 5.41) is 0. The van der Waals surface area contributed by atoms with Gasteiger partial charge < -0.3 is 9.47 Å². The van der Waals surface area contributed by atoms with Gasteiger partial charge >= 0.3 is 0 Å². The number of fused-ring (bicyclic) bond motifs is 1. The van der Waals surface area contributed by atoms with Crippen LogP contribution in [-0.2, 0) is 4.79 Å². The van der Waals surface area contributed by atoms with Crippen molar-refractivity contribution >= 4 is 11.6 Å². The van der Waals surface area contributed by atoms with Crippen LogP contribution in [0.3, 0.4) is 0 Å². The minimum atomic E-state index is -0.0127. The van der Waals surface area contributed by atoms with Crippen LogP contribution in [0.4, 0.5) is 0 Å². The molecule has 4 nitrogen and oxygen atoms in total. The summed E-state index contributed by atoms with van der Waals surface area (Å²) in [6.07, 6.45) is 6.88. The van der Waals surface area contributed by atoms with Crippen molar-refractivity contribution in [2.24, 2.45) is 0 Å². The summed E-state index contributed by atoms with van der Waals surface area (Å²) >= 11 is 0. The Labute approximate surface area is 138 Å². The first kappa shape index (κ1) is 17.5. The number of hydrogen-bond acceptors (Lipinski definition) is 4. The molecule has 4 heteroatoms. The normalized spacial score (nSPS) is 12.9. The molecule has 1 aliphatic heterocycles. The smallest absolute Gasteiger partial charge is 0.163 e. The van der Waals surface area contributed by atoms with Crippen molar-refractivity contribution in [2.45, 2.75) is 58.3 Å². The minimum Gasteiger partial charge on any atom is -0.486 e. The predicted molar refractivity (Wildman–Crippen MR) is 89.4 cm³/mol. The van der Waals surface area contributed by atoms with Crippen LogP contribution < -0.4 is 9.47 Å². The Morgan fingerprint density at radius 3 is 2.43 bits per heavy atom. The van der Waals surface area contributed by atoms with E-state index in [2.05, 4.69) is 6.92 Å². The molecule has 0 saturated carbocycles. The molecule has 0 aliphatic carbocycles. The van der Waals surface area contributed by atoms with Crippen LogP contribution >= 0.6 is 0 Å². The van der Waals surface area contributed by atoms with Gasteiger partial charge in [-0.2, -0.15) is 0 Å². The number of Topliss-reactive ketones (excluding diaryl/α,β-unsaturated/α-hetero) is 2. The quantitative estimate of drug-likeness (QED) is 0.475. The molecule has 0 aromatic heterocycles. The fraction of sp³-hybridized carbons (Fsp3) is 0.579. The number of benzene rings is 1. The Balaban J connectivity index is 1.73. The molecular weight excluding hydrogens is 292 g/mol. The molecule has 1 aliphatic rings. The molecule has 0 fully saturated rings.